The highest BCUT2D eigenvalue weighted by Crippen LogP contribution is 2.56. The number of anilines is 1. The van der Waals surface area contributed by atoms with E-state index in [9.17, 15) is 9.59 Å². The van der Waals surface area contributed by atoms with E-state index in [-0.39, 0.29) is 28.1 Å². The Morgan fingerprint density at radius 3 is 2.21 bits per heavy atom. The van der Waals surface area contributed by atoms with E-state index in [0.29, 0.717) is 5.95 Å². The van der Waals surface area contributed by atoms with Crippen LogP contribution in [0.15, 0.2) is 35.1 Å². The molecule has 6 heteroatoms. The van der Waals surface area contributed by atoms with Crippen molar-refractivity contribution in [2.75, 3.05) is 19.0 Å². The van der Waals surface area contributed by atoms with Crippen molar-refractivity contribution in [3.8, 4) is 0 Å². The minimum Gasteiger partial charge on any atom is -0.364 e. The van der Waals surface area contributed by atoms with Crippen molar-refractivity contribution in [3.63, 3.8) is 0 Å². The summed E-state index contributed by atoms with van der Waals surface area (Å²) >= 11 is 0. The Morgan fingerprint density at radius 2 is 1.79 bits per heavy atom. The van der Waals surface area contributed by atoms with Gasteiger partial charge in [0.05, 0.1) is 6.04 Å². The summed E-state index contributed by atoms with van der Waals surface area (Å²) in [6, 6.07) is 9.60. The van der Waals surface area contributed by atoms with Crippen LogP contribution in [0.3, 0.4) is 0 Å². The molecule has 1 aliphatic carbocycles. The van der Waals surface area contributed by atoms with Crippen LogP contribution in [0.2, 0.25) is 0 Å². The van der Waals surface area contributed by atoms with Crippen molar-refractivity contribution in [1.29, 1.82) is 0 Å². The zero-order valence-corrected chi connectivity index (χ0v) is 17.6. The van der Waals surface area contributed by atoms with Crippen molar-refractivity contribution < 1.29 is 4.79 Å². The molecule has 1 heterocycles. The molecule has 0 spiro atoms. The monoisotopic (exact) mass is 382 g/mol. The summed E-state index contributed by atoms with van der Waals surface area (Å²) in [4.78, 5) is 30.8. The zero-order valence-electron chi connectivity index (χ0n) is 17.6. The van der Waals surface area contributed by atoms with Crippen molar-refractivity contribution >= 4 is 11.9 Å². The van der Waals surface area contributed by atoms with Gasteiger partial charge in [0.1, 0.15) is 5.69 Å². The fourth-order valence-electron chi connectivity index (χ4n) is 3.66. The van der Waals surface area contributed by atoms with Crippen LogP contribution in [-0.2, 0) is 5.41 Å². The van der Waals surface area contributed by atoms with Crippen LogP contribution in [0.5, 0.6) is 0 Å². The Bertz CT molecular complexity index is 948. The van der Waals surface area contributed by atoms with Crippen LogP contribution in [0, 0.1) is 5.41 Å². The SMILES string of the molecule is CN(C)c1nc(C(N)=O)cc(=O)n1[C@@H](c1ccc(C(C)(C)C)cc1)C1(C)CC1. The van der Waals surface area contributed by atoms with E-state index in [4.69, 9.17) is 5.73 Å². The molecule has 1 aromatic carbocycles. The Balaban J connectivity index is 2.19. The number of carbonyl (C=O) groups excluding carboxylic acids is 1. The van der Waals surface area contributed by atoms with Gasteiger partial charge in [-0.1, -0.05) is 52.0 Å². The van der Waals surface area contributed by atoms with E-state index >= 15 is 0 Å². The lowest BCUT2D eigenvalue weighted by Crippen LogP contribution is -2.36. The third-order valence-electron chi connectivity index (χ3n) is 5.64. The molecule has 0 aliphatic heterocycles. The molecular weight excluding hydrogens is 352 g/mol. The van der Waals surface area contributed by atoms with Gasteiger partial charge < -0.3 is 10.6 Å². The lowest BCUT2D eigenvalue weighted by atomic mass is 9.84. The van der Waals surface area contributed by atoms with Crippen LogP contribution in [0.1, 0.15) is 68.2 Å². The van der Waals surface area contributed by atoms with Gasteiger partial charge in [0, 0.05) is 20.2 Å². The highest BCUT2D eigenvalue weighted by Gasteiger charge is 2.48. The van der Waals surface area contributed by atoms with Crippen molar-refractivity contribution in [3.05, 3.63) is 57.5 Å². The van der Waals surface area contributed by atoms with E-state index in [1.807, 2.05) is 14.1 Å². The molecule has 1 fully saturated rings. The van der Waals surface area contributed by atoms with E-state index in [1.54, 1.807) is 9.47 Å². The summed E-state index contributed by atoms with van der Waals surface area (Å²) in [6.07, 6.45) is 2.07. The summed E-state index contributed by atoms with van der Waals surface area (Å²) in [5.74, 6) is -0.254. The Hall–Kier alpha value is -2.63. The molecule has 1 saturated carbocycles. The first-order valence-corrected chi connectivity index (χ1v) is 9.65. The maximum atomic E-state index is 13.1. The average molecular weight is 383 g/mol. The smallest absolute Gasteiger partial charge is 0.267 e. The van der Waals surface area contributed by atoms with Crippen molar-refractivity contribution in [2.24, 2.45) is 11.1 Å². The topological polar surface area (TPSA) is 81.2 Å². The summed E-state index contributed by atoms with van der Waals surface area (Å²) in [5, 5.41) is 0. The minimum atomic E-state index is -0.698. The molecule has 0 radical (unpaired) electrons. The van der Waals surface area contributed by atoms with Gasteiger partial charge in [0.15, 0.2) is 0 Å². The fraction of sp³-hybridized carbons (Fsp3) is 0.500. The molecular formula is C22H30N4O2. The number of carbonyl (C=O) groups is 1. The molecule has 1 aromatic heterocycles. The van der Waals surface area contributed by atoms with Gasteiger partial charge in [-0.15, -0.1) is 0 Å². The summed E-state index contributed by atoms with van der Waals surface area (Å²) in [5.41, 5.74) is 7.48. The number of nitrogens with zero attached hydrogens (tertiary/aromatic N) is 3. The molecule has 28 heavy (non-hydrogen) atoms. The average Bonchev–Trinajstić information content (AvgIpc) is 3.33. The predicted molar refractivity (Wildman–Crippen MR) is 112 cm³/mol. The molecule has 0 saturated heterocycles. The Labute approximate surface area is 166 Å². The van der Waals surface area contributed by atoms with Crippen LogP contribution in [0.4, 0.5) is 5.95 Å². The number of hydrogen-bond donors (Lipinski definition) is 1. The third kappa shape index (κ3) is 3.68. The lowest BCUT2D eigenvalue weighted by Gasteiger charge is -2.31. The number of nitrogens with two attached hydrogens (primary N) is 1. The van der Waals surface area contributed by atoms with Gasteiger partial charge >= 0.3 is 0 Å². The third-order valence-corrected chi connectivity index (χ3v) is 5.64. The van der Waals surface area contributed by atoms with Gasteiger partial charge in [-0.3, -0.25) is 14.2 Å². The van der Waals surface area contributed by atoms with Crippen LogP contribution < -0.4 is 16.2 Å². The van der Waals surface area contributed by atoms with E-state index in [1.165, 1.54) is 11.6 Å². The molecule has 0 unspecified atom stereocenters. The standard InChI is InChI=1S/C22H30N4O2/c1-21(2,3)15-9-7-14(8-10-15)18(22(4)11-12-22)26-17(27)13-16(19(23)28)24-20(26)25(5)6/h7-10,13,18H,11-12H2,1-6H3,(H2,23,28)/t18-/m0/s1. The molecule has 2 N–H and O–H groups in total. The van der Waals surface area contributed by atoms with Crippen LogP contribution in [0.25, 0.3) is 0 Å². The van der Waals surface area contributed by atoms with Crippen molar-refractivity contribution in [1.82, 2.24) is 9.55 Å². The molecule has 1 amide bonds. The number of benzene rings is 1. The number of aromatic nitrogens is 2. The quantitative estimate of drug-likeness (QED) is 0.862. The largest absolute Gasteiger partial charge is 0.364 e. The molecule has 1 aliphatic rings. The second-order valence-corrected chi connectivity index (χ2v) is 9.34. The van der Waals surface area contributed by atoms with E-state index in [2.05, 4.69) is 56.9 Å². The molecule has 1 atom stereocenters. The molecule has 3 rings (SSSR count). The predicted octanol–water partition coefficient (Wildman–Crippen LogP) is 3.10. The number of rotatable bonds is 5. The second kappa shape index (κ2) is 6.76. The van der Waals surface area contributed by atoms with Gasteiger partial charge in [0.2, 0.25) is 5.95 Å². The Kier molecular flexibility index (Phi) is 4.86. The van der Waals surface area contributed by atoms with Gasteiger partial charge in [0.25, 0.3) is 11.5 Å². The lowest BCUT2D eigenvalue weighted by molar-refractivity contribution is 0.0995. The molecule has 150 valence electrons. The summed E-state index contributed by atoms with van der Waals surface area (Å²) in [7, 11) is 3.63. The summed E-state index contributed by atoms with van der Waals surface area (Å²) in [6.45, 7) is 8.75. The first-order chi connectivity index (χ1) is 12.9. The van der Waals surface area contributed by atoms with Crippen LogP contribution >= 0.6 is 0 Å². The highest BCUT2D eigenvalue weighted by molar-refractivity contribution is 5.90. The Morgan fingerprint density at radius 1 is 1.21 bits per heavy atom. The number of hydrogen-bond acceptors (Lipinski definition) is 4. The molecule has 2 aromatic rings. The normalized spacial score (nSPS) is 16.5. The van der Waals surface area contributed by atoms with Gasteiger partial charge in [-0.2, -0.15) is 0 Å². The minimum absolute atomic E-state index is 0.00673. The number of amides is 1. The van der Waals surface area contributed by atoms with Gasteiger partial charge in [-0.05, 0) is 34.8 Å². The van der Waals surface area contributed by atoms with E-state index in [0.717, 1.165) is 18.4 Å². The summed E-state index contributed by atoms with van der Waals surface area (Å²) < 4.78 is 1.71. The first-order valence-electron chi connectivity index (χ1n) is 9.65. The molecule has 0 bridgehead atoms. The van der Waals surface area contributed by atoms with Crippen LogP contribution in [-0.4, -0.2) is 29.6 Å². The second-order valence-electron chi connectivity index (χ2n) is 9.34. The molecule has 6 nitrogen and oxygen atoms in total. The van der Waals surface area contributed by atoms with Gasteiger partial charge in [-0.25, -0.2) is 4.98 Å². The highest BCUT2D eigenvalue weighted by atomic mass is 16.1. The first kappa shape index (κ1) is 20.1. The fourth-order valence-corrected chi connectivity index (χ4v) is 3.66. The maximum absolute atomic E-state index is 13.1. The maximum Gasteiger partial charge on any atom is 0.267 e. The zero-order chi connectivity index (χ0) is 20.9. The van der Waals surface area contributed by atoms with E-state index < -0.39 is 5.91 Å². The number of primary amides is 1. The van der Waals surface area contributed by atoms with Crippen molar-refractivity contribution in [2.45, 2.75) is 52.0 Å².